The first kappa shape index (κ1) is 12.6. The highest BCUT2D eigenvalue weighted by atomic mass is 16.2. The van der Waals surface area contributed by atoms with E-state index in [-0.39, 0.29) is 11.6 Å². The molecular weight excluding hydrogens is 236 g/mol. The van der Waals surface area contributed by atoms with Crippen LogP contribution in [-0.4, -0.2) is 11.6 Å². The van der Waals surface area contributed by atoms with Crippen LogP contribution in [0.4, 0.5) is 0 Å². The van der Waals surface area contributed by atoms with E-state index in [0.29, 0.717) is 11.1 Å². The van der Waals surface area contributed by atoms with Crippen molar-refractivity contribution in [2.75, 3.05) is 0 Å². The van der Waals surface area contributed by atoms with Gasteiger partial charge in [-0.3, -0.25) is 9.59 Å². The summed E-state index contributed by atoms with van der Waals surface area (Å²) in [6.45, 7) is 1.71. The second-order valence-electron chi connectivity index (χ2n) is 6.04. The zero-order valence-electron chi connectivity index (χ0n) is 11.4. The SMILES string of the molecule is CC1C(=O)c2ccc(CC3CCCCC3)cc2C1=O. The smallest absolute Gasteiger partial charge is 0.174 e. The maximum atomic E-state index is 12.0. The third-order valence-electron chi connectivity index (χ3n) is 4.65. The molecule has 2 heteroatoms. The van der Waals surface area contributed by atoms with Gasteiger partial charge in [0.05, 0.1) is 5.92 Å². The van der Waals surface area contributed by atoms with Crippen LogP contribution >= 0.6 is 0 Å². The van der Waals surface area contributed by atoms with Crippen LogP contribution in [0.25, 0.3) is 0 Å². The van der Waals surface area contributed by atoms with Gasteiger partial charge in [0.1, 0.15) is 0 Å². The molecule has 19 heavy (non-hydrogen) atoms. The van der Waals surface area contributed by atoms with Gasteiger partial charge in [0.2, 0.25) is 0 Å². The van der Waals surface area contributed by atoms with Crippen LogP contribution in [0.5, 0.6) is 0 Å². The molecule has 0 spiro atoms. The molecule has 0 radical (unpaired) electrons. The molecule has 2 aliphatic rings. The van der Waals surface area contributed by atoms with E-state index in [1.807, 2.05) is 18.2 Å². The van der Waals surface area contributed by atoms with Gasteiger partial charge in [-0.05, 0) is 30.9 Å². The topological polar surface area (TPSA) is 34.1 Å². The molecule has 2 aliphatic carbocycles. The van der Waals surface area contributed by atoms with Crippen LogP contribution in [0.1, 0.15) is 65.3 Å². The first-order valence-corrected chi connectivity index (χ1v) is 7.38. The van der Waals surface area contributed by atoms with Crippen LogP contribution in [-0.2, 0) is 6.42 Å². The molecule has 100 valence electrons. The molecular formula is C17H20O2. The van der Waals surface area contributed by atoms with Crippen LogP contribution in [0.15, 0.2) is 18.2 Å². The quantitative estimate of drug-likeness (QED) is 0.754. The van der Waals surface area contributed by atoms with E-state index in [0.717, 1.165) is 12.3 Å². The molecule has 1 unspecified atom stereocenters. The average Bonchev–Trinajstić information content (AvgIpc) is 2.65. The predicted molar refractivity (Wildman–Crippen MR) is 74.5 cm³/mol. The summed E-state index contributed by atoms with van der Waals surface area (Å²) in [7, 11) is 0. The molecule has 0 heterocycles. The molecule has 0 amide bonds. The summed E-state index contributed by atoms with van der Waals surface area (Å²) in [5, 5.41) is 0. The van der Waals surface area contributed by atoms with Gasteiger partial charge in [-0.2, -0.15) is 0 Å². The van der Waals surface area contributed by atoms with E-state index in [9.17, 15) is 9.59 Å². The summed E-state index contributed by atoms with van der Waals surface area (Å²) in [6, 6.07) is 5.86. The van der Waals surface area contributed by atoms with Gasteiger partial charge in [0.15, 0.2) is 11.6 Å². The summed E-state index contributed by atoms with van der Waals surface area (Å²) in [4.78, 5) is 23.9. The molecule has 0 bridgehead atoms. The summed E-state index contributed by atoms with van der Waals surface area (Å²) in [6.07, 6.45) is 7.71. The zero-order chi connectivity index (χ0) is 13.4. The number of benzene rings is 1. The number of fused-ring (bicyclic) bond motifs is 1. The fraction of sp³-hybridized carbons (Fsp3) is 0.529. The van der Waals surface area contributed by atoms with E-state index in [1.54, 1.807) is 6.92 Å². The lowest BCUT2D eigenvalue weighted by atomic mass is 9.84. The van der Waals surface area contributed by atoms with Gasteiger partial charge in [-0.25, -0.2) is 0 Å². The summed E-state index contributed by atoms with van der Waals surface area (Å²) >= 11 is 0. The highest BCUT2D eigenvalue weighted by Gasteiger charge is 2.35. The second kappa shape index (κ2) is 4.92. The highest BCUT2D eigenvalue weighted by Crippen LogP contribution is 2.30. The normalized spacial score (nSPS) is 23.7. The molecule has 0 N–H and O–H groups in total. The summed E-state index contributed by atoms with van der Waals surface area (Å²) < 4.78 is 0. The number of carbonyl (C=O) groups excluding carboxylic acids is 2. The van der Waals surface area contributed by atoms with E-state index in [1.165, 1.54) is 37.7 Å². The molecule has 0 aliphatic heterocycles. The van der Waals surface area contributed by atoms with E-state index in [2.05, 4.69) is 0 Å². The van der Waals surface area contributed by atoms with Crippen LogP contribution in [0, 0.1) is 11.8 Å². The van der Waals surface area contributed by atoms with Crippen molar-refractivity contribution < 1.29 is 9.59 Å². The number of hydrogen-bond acceptors (Lipinski definition) is 2. The fourth-order valence-electron chi connectivity index (χ4n) is 3.45. The van der Waals surface area contributed by atoms with Crippen LogP contribution in [0.2, 0.25) is 0 Å². The largest absolute Gasteiger partial charge is 0.293 e. The summed E-state index contributed by atoms with van der Waals surface area (Å²) in [5.74, 6) is 0.283. The number of hydrogen-bond donors (Lipinski definition) is 0. The van der Waals surface area contributed by atoms with Crippen molar-refractivity contribution in [3.8, 4) is 0 Å². The van der Waals surface area contributed by atoms with Crippen molar-refractivity contribution in [1.29, 1.82) is 0 Å². The fourth-order valence-corrected chi connectivity index (χ4v) is 3.45. The third-order valence-corrected chi connectivity index (χ3v) is 4.65. The molecule has 2 nitrogen and oxygen atoms in total. The Bertz CT molecular complexity index is 524. The van der Waals surface area contributed by atoms with Crippen molar-refractivity contribution in [3.05, 3.63) is 34.9 Å². The monoisotopic (exact) mass is 256 g/mol. The molecule has 1 atom stereocenters. The number of Topliss-reactive ketones (excluding diaryl/α,β-unsaturated/α-hetero) is 2. The lowest BCUT2D eigenvalue weighted by Gasteiger charge is -2.21. The Hall–Kier alpha value is -1.44. The van der Waals surface area contributed by atoms with Gasteiger partial charge in [-0.1, -0.05) is 44.2 Å². The minimum Gasteiger partial charge on any atom is -0.293 e. The average molecular weight is 256 g/mol. The Kier molecular flexibility index (Phi) is 3.26. The number of rotatable bonds is 2. The maximum Gasteiger partial charge on any atom is 0.174 e. The zero-order valence-corrected chi connectivity index (χ0v) is 11.4. The lowest BCUT2D eigenvalue weighted by molar-refractivity contribution is 0.0852. The molecule has 0 saturated heterocycles. The van der Waals surface area contributed by atoms with Crippen LogP contribution in [0.3, 0.4) is 0 Å². The Morgan fingerprint density at radius 1 is 1.00 bits per heavy atom. The van der Waals surface area contributed by atoms with Crippen LogP contribution < -0.4 is 0 Å². The lowest BCUT2D eigenvalue weighted by Crippen LogP contribution is -2.10. The summed E-state index contributed by atoms with van der Waals surface area (Å²) in [5.41, 5.74) is 2.51. The highest BCUT2D eigenvalue weighted by molar-refractivity contribution is 6.26. The molecule has 1 aromatic rings. The van der Waals surface area contributed by atoms with Gasteiger partial charge in [0.25, 0.3) is 0 Å². The maximum absolute atomic E-state index is 12.0. The second-order valence-corrected chi connectivity index (χ2v) is 6.04. The Morgan fingerprint density at radius 3 is 2.42 bits per heavy atom. The standard InChI is InChI=1S/C17H20O2/c1-11-16(18)14-8-7-13(10-15(14)17(11)19)9-12-5-3-2-4-6-12/h7-8,10-12H,2-6,9H2,1H3. The van der Waals surface area contributed by atoms with Crippen molar-refractivity contribution >= 4 is 11.6 Å². The number of ketones is 2. The van der Waals surface area contributed by atoms with Gasteiger partial charge >= 0.3 is 0 Å². The van der Waals surface area contributed by atoms with E-state index < -0.39 is 5.92 Å². The third kappa shape index (κ3) is 2.24. The van der Waals surface area contributed by atoms with Crippen molar-refractivity contribution in [2.45, 2.75) is 45.4 Å². The van der Waals surface area contributed by atoms with E-state index >= 15 is 0 Å². The first-order valence-electron chi connectivity index (χ1n) is 7.38. The minimum atomic E-state index is -0.472. The Balaban J connectivity index is 1.82. The van der Waals surface area contributed by atoms with Crippen molar-refractivity contribution in [3.63, 3.8) is 0 Å². The molecule has 1 fully saturated rings. The van der Waals surface area contributed by atoms with Gasteiger partial charge in [-0.15, -0.1) is 0 Å². The van der Waals surface area contributed by atoms with Crippen molar-refractivity contribution in [2.24, 2.45) is 11.8 Å². The first-order chi connectivity index (χ1) is 9.16. The molecule has 0 aromatic heterocycles. The molecule has 1 saturated carbocycles. The Morgan fingerprint density at radius 2 is 1.68 bits per heavy atom. The predicted octanol–water partition coefficient (Wildman–Crippen LogP) is 3.82. The Labute approximate surface area is 114 Å². The number of carbonyl (C=O) groups is 2. The van der Waals surface area contributed by atoms with Crippen molar-refractivity contribution in [1.82, 2.24) is 0 Å². The van der Waals surface area contributed by atoms with Gasteiger partial charge in [0, 0.05) is 11.1 Å². The molecule has 1 aromatic carbocycles. The van der Waals surface area contributed by atoms with Gasteiger partial charge < -0.3 is 0 Å². The van der Waals surface area contributed by atoms with E-state index in [4.69, 9.17) is 0 Å². The minimum absolute atomic E-state index is 0.00509. The molecule has 3 rings (SSSR count).